The zero-order valence-electron chi connectivity index (χ0n) is 10.4. The Kier molecular flexibility index (Phi) is 5.41. The predicted molar refractivity (Wildman–Crippen MR) is 65.3 cm³/mol. The third-order valence-electron chi connectivity index (χ3n) is 1.92. The fourth-order valence-corrected chi connectivity index (χ4v) is 1.06. The summed E-state index contributed by atoms with van der Waals surface area (Å²) in [4.78, 5) is 12.3. The molecular formula is C10H19N5O2. The van der Waals surface area contributed by atoms with Gasteiger partial charge in [-0.1, -0.05) is 6.92 Å². The number of nitrogens with one attached hydrogen (secondary N) is 2. The van der Waals surface area contributed by atoms with Crippen molar-refractivity contribution in [1.82, 2.24) is 15.0 Å². The van der Waals surface area contributed by atoms with E-state index in [1.165, 1.54) is 0 Å². The van der Waals surface area contributed by atoms with E-state index in [0.717, 1.165) is 6.42 Å². The highest BCUT2D eigenvalue weighted by molar-refractivity contribution is 5.35. The van der Waals surface area contributed by atoms with Crippen molar-refractivity contribution < 1.29 is 9.84 Å². The standard InChI is InChI=1S/C10H19N5O2/c1-4-5-17-10-14-8(11-3)13-9(15-10)12-7(2)6-16/h7,16H,4-6H2,1-3H3,(H2,11,12,13,14,15). The van der Waals surface area contributed by atoms with Gasteiger partial charge in [0.25, 0.3) is 0 Å². The second kappa shape index (κ2) is 6.85. The van der Waals surface area contributed by atoms with E-state index in [0.29, 0.717) is 18.5 Å². The molecule has 96 valence electrons. The second-order valence-corrected chi connectivity index (χ2v) is 3.59. The van der Waals surface area contributed by atoms with E-state index < -0.39 is 0 Å². The van der Waals surface area contributed by atoms with Crippen LogP contribution in [0.15, 0.2) is 0 Å². The maximum absolute atomic E-state index is 8.95. The highest BCUT2D eigenvalue weighted by Gasteiger charge is 2.08. The lowest BCUT2D eigenvalue weighted by atomic mass is 10.4. The summed E-state index contributed by atoms with van der Waals surface area (Å²) in [5.41, 5.74) is 0. The number of aliphatic hydroxyl groups is 1. The van der Waals surface area contributed by atoms with E-state index in [1.807, 2.05) is 13.8 Å². The fraction of sp³-hybridized carbons (Fsp3) is 0.700. The molecule has 0 radical (unpaired) electrons. The lowest BCUT2D eigenvalue weighted by molar-refractivity contribution is 0.279. The van der Waals surface area contributed by atoms with Crippen molar-refractivity contribution in [3.05, 3.63) is 0 Å². The van der Waals surface area contributed by atoms with Crippen LogP contribution < -0.4 is 15.4 Å². The van der Waals surface area contributed by atoms with E-state index in [2.05, 4.69) is 25.6 Å². The summed E-state index contributed by atoms with van der Waals surface area (Å²) in [6.45, 7) is 4.40. The van der Waals surface area contributed by atoms with Crippen LogP contribution in [0.5, 0.6) is 6.01 Å². The Morgan fingerprint density at radius 1 is 1.29 bits per heavy atom. The molecule has 1 rings (SSSR count). The van der Waals surface area contributed by atoms with Gasteiger partial charge in [-0.25, -0.2) is 0 Å². The maximum atomic E-state index is 8.95. The summed E-state index contributed by atoms with van der Waals surface area (Å²) in [6, 6.07) is 0.153. The van der Waals surface area contributed by atoms with Crippen LogP contribution in [0.25, 0.3) is 0 Å². The molecule has 0 aliphatic heterocycles. The van der Waals surface area contributed by atoms with Gasteiger partial charge in [0, 0.05) is 13.1 Å². The Labute approximate surface area is 101 Å². The molecule has 1 heterocycles. The van der Waals surface area contributed by atoms with Gasteiger partial charge >= 0.3 is 6.01 Å². The van der Waals surface area contributed by atoms with Crippen molar-refractivity contribution in [2.24, 2.45) is 0 Å². The second-order valence-electron chi connectivity index (χ2n) is 3.59. The van der Waals surface area contributed by atoms with Crippen LogP contribution in [-0.2, 0) is 0 Å². The van der Waals surface area contributed by atoms with Crippen molar-refractivity contribution in [3.8, 4) is 6.01 Å². The Morgan fingerprint density at radius 3 is 2.59 bits per heavy atom. The first-order chi connectivity index (χ1) is 8.19. The zero-order chi connectivity index (χ0) is 12.7. The van der Waals surface area contributed by atoms with Crippen molar-refractivity contribution >= 4 is 11.9 Å². The molecule has 0 saturated carbocycles. The van der Waals surface area contributed by atoms with E-state index in [1.54, 1.807) is 7.05 Å². The third-order valence-corrected chi connectivity index (χ3v) is 1.92. The van der Waals surface area contributed by atoms with Crippen LogP contribution in [-0.4, -0.2) is 46.4 Å². The van der Waals surface area contributed by atoms with Crippen LogP contribution >= 0.6 is 0 Å². The number of nitrogens with zero attached hydrogens (tertiary/aromatic N) is 3. The smallest absolute Gasteiger partial charge is 0.323 e. The highest BCUT2D eigenvalue weighted by Crippen LogP contribution is 2.11. The van der Waals surface area contributed by atoms with E-state index in [-0.39, 0.29) is 18.7 Å². The summed E-state index contributed by atoms with van der Waals surface area (Å²) in [5.74, 6) is 0.816. The number of anilines is 2. The largest absolute Gasteiger partial charge is 0.463 e. The zero-order valence-corrected chi connectivity index (χ0v) is 10.4. The number of hydrogen-bond donors (Lipinski definition) is 3. The summed E-state index contributed by atoms with van der Waals surface area (Å²) in [6.07, 6.45) is 0.885. The molecule has 3 N–H and O–H groups in total. The molecule has 0 aromatic carbocycles. The lowest BCUT2D eigenvalue weighted by Crippen LogP contribution is -2.21. The van der Waals surface area contributed by atoms with Crippen molar-refractivity contribution in [2.45, 2.75) is 26.3 Å². The van der Waals surface area contributed by atoms with Crippen molar-refractivity contribution in [3.63, 3.8) is 0 Å². The molecule has 0 fully saturated rings. The summed E-state index contributed by atoms with van der Waals surface area (Å²) in [5, 5.41) is 14.7. The first kappa shape index (κ1) is 13.4. The fourth-order valence-electron chi connectivity index (χ4n) is 1.06. The average Bonchev–Trinajstić information content (AvgIpc) is 2.35. The Bertz CT molecular complexity index is 347. The predicted octanol–water partition coefficient (Wildman–Crippen LogP) is 0.495. The Morgan fingerprint density at radius 2 is 2.00 bits per heavy atom. The molecule has 1 atom stereocenters. The molecule has 1 aromatic rings. The van der Waals surface area contributed by atoms with Crippen molar-refractivity contribution in [2.75, 3.05) is 30.9 Å². The molecule has 1 unspecified atom stereocenters. The minimum atomic E-state index is -0.124. The van der Waals surface area contributed by atoms with Gasteiger partial charge < -0.3 is 20.5 Å². The molecule has 0 bridgehead atoms. The third kappa shape index (κ3) is 4.39. The van der Waals surface area contributed by atoms with Gasteiger partial charge in [-0.2, -0.15) is 15.0 Å². The molecule has 7 heteroatoms. The number of aromatic nitrogens is 3. The molecule has 0 aliphatic carbocycles. The molecule has 0 saturated heterocycles. The van der Waals surface area contributed by atoms with Gasteiger partial charge in [0.2, 0.25) is 11.9 Å². The molecule has 0 aliphatic rings. The van der Waals surface area contributed by atoms with E-state index >= 15 is 0 Å². The van der Waals surface area contributed by atoms with Crippen LogP contribution in [0, 0.1) is 0 Å². The topological polar surface area (TPSA) is 92.2 Å². The first-order valence-corrected chi connectivity index (χ1v) is 5.63. The SMILES string of the molecule is CCCOc1nc(NC)nc(NC(C)CO)n1. The molecular weight excluding hydrogens is 222 g/mol. The molecule has 1 aromatic heterocycles. The van der Waals surface area contributed by atoms with Gasteiger partial charge in [0.05, 0.1) is 13.2 Å². The highest BCUT2D eigenvalue weighted by atomic mass is 16.5. The quantitative estimate of drug-likeness (QED) is 0.640. The molecule has 17 heavy (non-hydrogen) atoms. The van der Waals surface area contributed by atoms with Crippen LogP contribution in [0.2, 0.25) is 0 Å². The van der Waals surface area contributed by atoms with Crippen LogP contribution in [0.1, 0.15) is 20.3 Å². The number of ether oxygens (including phenoxy) is 1. The van der Waals surface area contributed by atoms with Crippen LogP contribution in [0.3, 0.4) is 0 Å². The number of rotatable bonds is 7. The lowest BCUT2D eigenvalue weighted by Gasteiger charge is -2.12. The van der Waals surface area contributed by atoms with Gasteiger partial charge in [-0.05, 0) is 13.3 Å². The first-order valence-electron chi connectivity index (χ1n) is 5.63. The monoisotopic (exact) mass is 241 g/mol. The van der Waals surface area contributed by atoms with Gasteiger partial charge in [0.1, 0.15) is 0 Å². The average molecular weight is 241 g/mol. The van der Waals surface area contributed by atoms with E-state index in [4.69, 9.17) is 9.84 Å². The molecule has 0 spiro atoms. The summed E-state index contributed by atoms with van der Waals surface area (Å²) < 4.78 is 5.35. The van der Waals surface area contributed by atoms with E-state index in [9.17, 15) is 0 Å². The minimum Gasteiger partial charge on any atom is -0.463 e. The summed E-state index contributed by atoms with van der Waals surface area (Å²) >= 11 is 0. The minimum absolute atomic E-state index is 0.00567. The molecule has 0 amide bonds. The maximum Gasteiger partial charge on any atom is 0.323 e. The molecule has 7 nitrogen and oxygen atoms in total. The van der Waals surface area contributed by atoms with Crippen molar-refractivity contribution in [1.29, 1.82) is 0 Å². The van der Waals surface area contributed by atoms with Gasteiger partial charge in [-0.15, -0.1) is 0 Å². The van der Waals surface area contributed by atoms with Gasteiger partial charge in [-0.3, -0.25) is 0 Å². The number of hydrogen-bond acceptors (Lipinski definition) is 7. The number of aliphatic hydroxyl groups excluding tert-OH is 1. The normalized spacial score (nSPS) is 12.0. The Balaban J connectivity index is 2.80. The summed E-state index contributed by atoms with van der Waals surface area (Å²) in [7, 11) is 1.72. The van der Waals surface area contributed by atoms with Gasteiger partial charge in [0.15, 0.2) is 0 Å². The van der Waals surface area contributed by atoms with Crippen LogP contribution in [0.4, 0.5) is 11.9 Å². The Hall–Kier alpha value is -1.63.